The van der Waals surface area contributed by atoms with Crippen molar-refractivity contribution in [3.63, 3.8) is 0 Å². The lowest BCUT2D eigenvalue weighted by Crippen LogP contribution is -2.07. The van der Waals surface area contributed by atoms with Gasteiger partial charge in [0.1, 0.15) is 11.6 Å². The molecular weight excluding hydrogens is 348 g/mol. The molecule has 3 nitrogen and oxygen atoms in total. The Balaban J connectivity index is 1.64. The molecule has 1 aliphatic rings. The second-order valence-electron chi connectivity index (χ2n) is 6.82. The van der Waals surface area contributed by atoms with Crippen molar-refractivity contribution in [1.29, 1.82) is 0 Å². The van der Waals surface area contributed by atoms with Gasteiger partial charge in [-0.25, -0.2) is 13.6 Å². The van der Waals surface area contributed by atoms with E-state index in [1.54, 1.807) is 36.4 Å². The van der Waals surface area contributed by atoms with E-state index in [4.69, 9.17) is 0 Å². The maximum atomic E-state index is 14.6. The van der Waals surface area contributed by atoms with E-state index in [9.17, 15) is 18.7 Å². The molecule has 1 N–H and O–H groups in total. The number of aromatic carboxylic acids is 1. The number of carbonyl (C=O) groups is 1. The van der Waals surface area contributed by atoms with Crippen molar-refractivity contribution in [3.8, 4) is 11.3 Å². The largest absolute Gasteiger partial charge is 0.478 e. The third-order valence-electron chi connectivity index (χ3n) is 4.85. The lowest BCUT2D eigenvalue weighted by atomic mass is 9.96. The Hall–Kier alpha value is -3.08. The van der Waals surface area contributed by atoms with Crippen LogP contribution in [0.5, 0.6) is 0 Å². The second-order valence-corrected chi connectivity index (χ2v) is 6.82. The molecule has 4 rings (SSSR count). The fraction of sp³-hybridized carbons (Fsp3) is 0.182. The van der Waals surface area contributed by atoms with Gasteiger partial charge in [0.25, 0.3) is 0 Å². The van der Waals surface area contributed by atoms with Crippen LogP contribution in [-0.2, 0) is 6.42 Å². The van der Waals surface area contributed by atoms with E-state index in [1.165, 1.54) is 18.3 Å². The average Bonchev–Trinajstić information content (AvgIpc) is 3.49. The first kappa shape index (κ1) is 17.3. The van der Waals surface area contributed by atoms with Gasteiger partial charge in [0.05, 0.1) is 11.3 Å². The maximum absolute atomic E-state index is 14.6. The molecule has 3 aromatic rings. The number of carboxylic acids is 1. The maximum Gasteiger partial charge on any atom is 0.336 e. The highest BCUT2D eigenvalue weighted by Crippen LogP contribution is 2.41. The molecule has 1 saturated carbocycles. The SMILES string of the molecule is O=C(O)c1cc(C2CC2)cc(F)c1Cc1ccc(-c2ccccc2F)nc1. The highest BCUT2D eigenvalue weighted by Gasteiger charge is 2.27. The van der Waals surface area contributed by atoms with Crippen LogP contribution in [0.25, 0.3) is 11.3 Å². The summed E-state index contributed by atoms with van der Waals surface area (Å²) in [5.74, 6) is -1.74. The summed E-state index contributed by atoms with van der Waals surface area (Å²) in [6.07, 6.45) is 3.59. The van der Waals surface area contributed by atoms with Crippen LogP contribution < -0.4 is 0 Å². The molecule has 136 valence electrons. The minimum Gasteiger partial charge on any atom is -0.478 e. The van der Waals surface area contributed by atoms with E-state index in [2.05, 4.69) is 4.98 Å². The lowest BCUT2D eigenvalue weighted by Gasteiger charge is -2.11. The van der Waals surface area contributed by atoms with Gasteiger partial charge in [0, 0.05) is 23.7 Å². The number of benzene rings is 2. The smallest absolute Gasteiger partial charge is 0.336 e. The molecule has 0 bridgehead atoms. The topological polar surface area (TPSA) is 50.2 Å². The van der Waals surface area contributed by atoms with E-state index < -0.39 is 11.8 Å². The van der Waals surface area contributed by atoms with Gasteiger partial charge < -0.3 is 5.11 Å². The molecule has 0 spiro atoms. The predicted molar refractivity (Wildman–Crippen MR) is 97.8 cm³/mol. The van der Waals surface area contributed by atoms with Gasteiger partial charge in [-0.15, -0.1) is 0 Å². The molecule has 0 unspecified atom stereocenters. The van der Waals surface area contributed by atoms with Crippen molar-refractivity contribution in [3.05, 3.63) is 88.6 Å². The molecule has 0 aliphatic heterocycles. The minimum atomic E-state index is -1.14. The van der Waals surface area contributed by atoms with Crippen molar-refractivity contribution in [1.82, 2.24) is 4.98 Å². The number of halogens is 2. The van der Waals surface area contributed by atoms with E-state index in [1.807, 2.05) is 0 Å². The van der Waals surface area contributed by atoms with Crippen LogP contribution in [0.2, 0.25) is 0 Å². The van der Waals surface area contributed by atoms with Crippen molar-refractivity contribution < 1.29 is 18.7 Å². The summed E-state index contributed by atoms with van der Waals surface area (Å²) < 4.78 is 28.5. The van der Waals surface area contributed by atoms with Crippen LogP contribution in [0.3, 0.4) is 0 Å². The second kappa shape index (κ2) is 6.91. The zero-order chi connectivity index (χ0) is 19.0. The Bertz CT molecular complexity index is 1010. The van der Waals surface area contributed by atoms with Crippen molar-refractivity contribution in [2.24, 2.45) is 0 Å². The van der Waals surface area contributed by atoms with Gasteiger partial charge in [0.2, 0.25) is 0 Å². The molecule has 0 saturated heterocycles. The van der Waals surface area contributed by atoms with Crippen molar-refractivity contribution >= 4 is 5.97 Å². The number of rotatable bonds is 5. The van der Waals surface area contributed by atoms with Crippen LogP contribution in [-0.4, -0.2) is 16.1 Å². The van der Waals surface area contributed by atoms with Gasteiger partial charge >= 0.3 is 5.97 Å². The average molecular weight is 365 g/mol. The number of hydrogen-bond acceptors (Lipinski definition) is 2. The van der Waals surface area contributed by atoms with E-state index in [-0.39, 0.29) is 29.3 Å². The van der Waals surface area contributed by atoms with Gasteiger partial charge in [0.15, 0.2) is 0 Å². The highest BCUT2D eigenvalue weighted by atomic mass is 19.1. The molecule has 0 radical (unpaired) electrons. The standard InChI is InChI=1S/C22H17F2NO2/c23-19-4-2-1-3-16(19)21-8-5-13(12-25-21)9-17-18(22(26)27)10-15(11-20(17)24)14-6-7-14/h1-5,8,10-12,14H,6-7,9H2,(H,26,27). The summed E-state index contributed by atoms with van der Waals surface area (Å²) in [5, 5.41) is 9.49. The first-order valence-corrected chi connectivity index (χ1v) is 8.78. The fourth-order valence-electron chi connectivity index (χ4n) is 3.24. The molecule has 1 aliphatic carbocycles. The van der Waals surface area contributed by atoms with Gasteiger partial charge in [-0.2, -0.15) is 0 Å². The quantitative estimate of drug-likeness (QED) is 0.677. The Morgan fingerprint density at radius 2 is 1.85 bits per heavy atom. The molecule has 1 heterocycles. The van der Waals surface area contributed by atoms with Crippen LogP contribution in [0.1, 0.15) is 45.8 Å². The molecule has 1 aromatic heterocycles. The van der Waals surface area contributed by atoms with Crippen LogP contribution in [0.4, 0.5) is 8.78 Å². The van der Waals surface area contributed by atoms with Crippen LogP contribution >= 0.6 is 0 Å². The zero-order valence-corrected chi connectivity index (χ0v) is 14.5. The summed E-state index contributed by atoms with van der Waals surface area (Å²) in [6.45, 7) is 0. The summed E-state index contributed by atoms with van der Waals surface area (Å²) in [4.78, 5) is 15.9. The lowest BCUT2D eigenvalue weighted by molar-refractivity contribution is 0.0695. The molecule has 5 heteroatoms. The monoisotopic (exact) mass is 365 g/mol. The summed E-state index contributed by atoms with van der Waals surface area (Å²) in [5.41, 5.74) is 2.41. The Morgan fingerprint density at radius 1 is 1.07 bits per heavy atom. The molecular formula is C22H17F2NO2. The third-order valence-corrected chi connectivity index (χ3v) is 4.85. The Kier molecular flexibility index (Phi) is 4.44. The number of aromatic nitrogens is 1. The van der Waals surface area contributed by atoms with Crippen molar-refractivity contribution in [2.45, 2.75) is 25.2 Å². The Labute approximate surface area is 155 Å². The third kappa shape index (κ3) is 3.58. The molecule has 1 fully saturated rings. The summed E-state index contributed by atoms with van der Waals surface area (Å²) in [7, 11) is 0. The van der Waals surface area contributed by atoms with E-state index >= 15 is 0 Å². The van der Waals surface area contributed by atoms with E-state index in [0.29, 0.717) is 16.8 Å². The Morgan fingerprint density at radius 3 is 2.48 bits per heavy atom. The first-order valence-electron chi connectivity index (χ1n) is 8.78. The predicted octanol–water partition coefficient (Wildman–Crippen LogP) is 5.19. The van der Waals surface area contributed by atoms with Gasteiger partial charge in [-0.3, -0.25) is 4.98 Å². The normalized spacial score (nSPS) is 13.6. The molecule has 0 amide bonds. The highest BCUT2D eigenvalue weighted by molar-refractivity contribution is 5.90. The van der Waals surface area contributed by atoms with Crippen LogP contribution in [0, 0.1) is 11.6 Å². The number of nitrogens with zero attached hydrogens (tertiary/aromatic N) is 1. The van der Waals surface area contributed by atoms with Crippen molar-refractivity contribution in [2.75, 3.05) is 0 Å². The number of pyridine rings is 1. The summed E-state index contributed by atoms with van der Waals surface area (Å²) in [6, 6.07) is 12.7. The van der Waals surface area contributed by atoms with Gasteiger partial charge in [-0.05, 0) is 60.2 Å². The minimum absolute atomic E-state index is 0.00456. The summed E-state index contributed by atoms with van der Waals surface area (Å²) >= 11 is 0. The molecule has 0 atom stereocenters. The first-order chi connectivity index (χ1) is 13.0. The van der Waals surface area contributed by atoms with Crippen LogP contribution in [0.15, 0.2) is 54.7 Å². The van der Waals surface area contributed by atoms with E-state index in [0.717, 1.165) is 18.4 Å². The zero-order valence-electron chi connectivity index (χ0n) is 14.5. The number of carboxylic acid groups (broad SMARTS) is 1. The molecule has 2 aromatic carbocycles. The molecule has 27 heavy (non-hydrogen) atoms. The van der Waals surface area contributed by atoms with Gasteiger partial charge in [-0.1, -0.05) is 18.2 Å². The fourth-order valence-corrected chi connectivity index (χ4v) is 3.24. The number of hydrogen-bond donors (Lipinski definition) is 1.